The number of hydrogen-bond acceptors (Lipinski definition) is 2. The number of amides is 1. The molecule has 3 nitrogen and oxygen atoms in total. The monoisotopic (exact) mass is 362 g/mol. The SMILES string of the molecule is Cc1cc(NC(=O)Cc2ccc(C(F)(F)F)cc2)ccc1N1CCCC1. The van der Waals surface area contributed by atoms with Crippen molar-refractivity contribution in [3.8, 4) is 0 Å². The maximum Gasteiger partial charge on any atom is 0.416 e. The molecule has 0 atom stereocenters. The van der Waals surface area contributed by atoms with Gasteiger partial charge in [-0.2, -0.15) is 13.2 Å². The van der Waals surface area contributed by atoms with Gasteiger partial charge in [-0.05, 0) is 61.2 Å². The predicted octanol–water partition coefficient (Wildman–Crippen LogP) is 4.80. The van der Waals surface area contributed by atoms with Crippen molar-refractivity contribution in [3.63, 3.8) is 0 Å². The maximum atomic E-state index is 12.6. The van der Waals surface area contributed by atoms with Crippen molar-refractivity contribution < 1.29 is 18.0 Å². The van der Waals surface area contributed by atoms with E-state index in [2.05, 4.69) is 10.2 Å². The number of aryl methyl sites for hydroxylation is 1. The van der Waals surface area contributed by atoms with Crippen LogP contribution < -0.4 is 10.2 Å². The van der Waals surface area contributed by atoms with Crippen LogP contribution in [0.15, 0.2) is 42.5 Å². The molecule has 1 N–H and O–H groups in total. The molecule has 1 aliphatic rings. The molecule has 0 saturated carbocycles. The molecule has 0 radical (unpaired) electrons. The predicted molar refractivity (Wildman–Crippen MR) is 96.4 cm³/mol. The van der Waals surface area contributed by atoms with Crippen LogP contribution in [0.5, 0.6) is 0 Å². The molecule has 0 aliphatic carbocycles. The van der Waals surface area contributed by atoms with Gasteiger partial charge >= 0.3 is 6.18 Å². The molecule has 2 aromatic rings. The van der Waals surface area contributed by atoms with Gasteiger partial charge in [-0.1, -0.05) is 12.1 Å². The summed E-state index contributed by atoms with van der Waals surface area (Å²) in [7, 11) is 0. The van der Waals surface area contributed by atoms with Crippen LogP contribution in [0, 0.1) is 6.92 Å². The van der Waals surface area contributed by atoms with Crippen LogP contribution in [0.25, 0.3) is 0 Å². The molecule has 0 bridgehead atoms. The first-order chi connectivity index (χ1) is 12.3. The molecule has 138 valence electrons. The van der Waals surface area contributed by atoms with E-state index in [4.69, 9.17) is 0 Å². The number of benzene rings is 2. The Kier molecular flexibility index (Phi) is 5.20. The molecule has 6 heteroatoms. The summed E-state index contributed by atoms with van der Waals surface area (Å²) >= 11 is 0. The number of rotatable bonds is 4. The van der Waals surface area contributed by atoms with E-state index in [9.17, 15) is 18.0 Å². The minimum absolute atomic E-state index is 0.0328. The third-order valence-corrected chi connectivity index (χ3v) is 4.57. The average molecular weight is 362 g/mol. The zero-order chi connectivity index (χ0) is 18.7. The lowest BCUT2D eigenvalue weighted by Gasteiger charge is -2.20. The molecular formula is C20H21F3N2O. The van der Waals surface area contributed by atoms with Crippen LogP contribution in [0.3, 0.4) is 0 Å². The Hall–Kier alpha value is -2.50. The lowest BCUT2D eigenvalue weighted by molar-refractivity contribution is -0.137. The molecule has 1 fully saturated rings. The van der Waals surface area contributed by atoms with Gasteiger partial charge in [0.05, 0.1) is 12.0 Å². The summed E-state index contributed by atoms with van der Waals surface area (Å²) in [6.45, 7) is 4.13. The summed E-state index contributed by atoms with van der Waals surface area (Å²) in [4.78, 5) is 14.5. The Balaban J connectivity index is 1.62. The molecule has 1 amide bonds. The van der Waals surface area contributed by atoms with Crippen molar-refractivity contribution in [3.05, 3.63) is 59.2 Å². The van der Waals surface area contributed by atoms with E-state index in [0.29, 0.717) is 11.3 Å². The Morgan fingerprint density at radius 3 is 2.31 bits per heavy atom. The zero-order valence-electron chi connectivity index (χ0n) is 14.6. The van der Waals surface area contributed by atoms with Crippen molar-refractivity contribution >= 4 is 17.3 Å². The highest BCUT2D eigenvalue weighted by Crippen LogP contribution is 2.29. The molecular weight excluding hydrogens is 341 g/mol. The second-order valence-corrected chi connectivity index (χ2v) is 6.62. The van der Waals surface area contributed by atoms with Gasteiger partial charge in [0.1, 0.15) is 0 Å². The first kappa shape index (κ1) is 18.3. The third-order valence-electron chi connectivity index (χ3n) is 4.57. The second-order valence-electron chi connectivity index (χ2n) is 6.62. The minimum Gasteiger partial charge on any atom is -0.371 e. The van der Waals surface area contributed by atoms with E-state index in [0.717, 1.165) is 30.8 Å². The van der Waals surface area contributed by atoms with Crippen LogP contribution in [0.1, 0.15) is 29.5 Å². The van der Waals surface area contributed by atoms with Crippen LogP contribution in [-0.4, -0.2) is 19.0 Å². The average Bonchev–Trinajstić information content (AvgIpc) is 3.08. The van der Waals surface area contributed by atoms with Crippen molar-refractivity contribution in [1.29, 1.82) is 0 Å². The Labute approximate surface area is 150 Å². The fraction of sp³-hybridized carbons (Fsp3) is 0.350. The normalized spacial score (nSPS) is 14.5. The number of anilines is 2. The molecule has 1 heterocycles. The van der Waals surface area contributed by atoms with Crippen LogP contribution in [-0.2, 0) is 17.4 Å². The summed E-state index contributed by atoms with van der Waals surface area (Å²) in [5.74, 6) is -0.252. The number of nitrogens with zero attached hydrogens (tertiary/aromatic N) is 1. The topological polar surface area (TPSA) is 32.3 Å². The van der Waals surface area contributed by atoms with Gasteiger partial charge in [-0.3, -0.25) is 4.79 Å². The van der Waals surface area contributed by atoms with E-state index in [1.165, 1.54) is 30.7 Å². The number of carbonyl (C=O) groups excluding carboxylic acids is 1. The van der Waals surface area contributed by atoms with E-state index in [1.807, 2.05) is 25.1 Å². The second kappa shape index (κ2) is 7.40. The van der Waals surface area contributed by atoms with Crippen LogP contribution in [0.2, 0.25) is 0 Å². The molecule has 1 aliphatic heterocycles. The number of nitrogens with one attached hydrogen (secondary N) is 1. The highest BCUT2D eigenvalue weighted by Gasteiger charge is 2.29. The number of alkyl halides is 3. The van der Waals surface area contributed by atoms with Crippen molar-refractivity contribution in [1.82, 2.24) is 0 Å². The van der Waals surface area contributed by atoms with Crippen molar-refractivity contribution in [2.24, 2.45) is 0 Å². The molecule has 0 spiro atoms. The summed E-state index contributed by atoms with van der Waals surface area (Å²) in [6, 6.07) is 10.5. The molecule has 0 aromatic heterocycles. The van der Waals surface area contributed by atoms with Crippen molar-refractivity contribution in [2.75, 3.05) is 23.3 Å². The van der Waals surface area contributed by atoms with Crippen molar-refractivity contribution in [2.45, 2.75) is 32.4 Å². The first-order valence-electron chi connectivity index (χ1n) is 8.64. The summed E-state index contributed by atoms with van der Waals surface area (Å²) < 4.78 is 37.7. The highest BCUT2D eigenvalue weighted by molar-refractivity contribution is 5.92. The fourth-order valence-corrected chi connectivity index (χ4v) is 3.25. The van der Waals surface area contributed by atoms with E-state index < -0.39 is 11.7 Å². The lowest BCUT2D eigenvalue weighted by atomic mass is 10.1. The smallest absolute Gasteiger partial charge is 0.371 e. The molecule has 26 heavy (non-hydrogen) atoms. The standard InChI is InChI=1S/C20H21F3N2O/c1-14-12-17(8-9-18(14)25-10-2-3-11-25)24-19(26)13-15-4-6-16(7-5-15)20(21,22)23/h4-9,12H,2-3,10-11,13H2,1H3,(H,24,26). The first-order valence-corrected chi connectivity index (χ1v) is 8.64. The molecule has 2 aromatic carbocycles. The third kappa shape index (κ3) is 4.36. The molecule has 3 rings (SSSR count). The molecule has 1 saturated heterocycles. The van der Waals surface area contributed by atoms with Gasteiger partial charge in [0, 0.05) is 24.5 Å². The van der Waals surface area contributed by atoms with Gasteiger partial charge in [0.15, 0.2) is 0 Å². The molecule has 0 unspecified atom stereocenters. The van der Waals surface area contributed by atoms with Gasteiger partial charge in [0.2, 0.25) is 5.91 Å². The lowest BCUT2D eigenvalue weighted by Crippen LogP contribution is -2.19. The quantitative estimate of drug-likeness (QED) is 0.848. The fourth-order valence-electron chi connectivity index (χ4n) is 3.25. The van der Waals surface area contributed by atoms with Gasteiger partial charge in [0.25, 0.3) is 0 Å². The maximum absolute atomic E-state index is 12.6. The largest absolute Gasteiger partial charge is 0.416 e. The Morgan fingerprint density at radius 2 is 1.73 bits per heavy atom. The van der Waals surface area contributed by atoms with Gasteiger partial charge < -0.3 is 10.2 Å². The van der Waals surface area contributed by atoms with Gasteiger partial charge in [-0.15, -0.1) is 0 Å². The summed E-state index contributed by atoms with van der Waals surface area (Å²) in [5, 5.41) is 2.81. The number of hydrogen-bond donors (Lipinski definition) is 1. The summed E-state index contributed by atoms with van der Waals surface area (Å²) in [5.41, 5.74) is 2.81. The minimum atomic E-state index is -4.37. The Bertz CT molecular complexity index is 779. The number of carbonyl (C=O) groups is 1. The van der Waals surface area contributed by atoms with Crippen LogP contribution in [0.4, 0.5) is 24.5 Å². The Morgan fingerprint density at radius 1 is 1.08 bits per heavy atom. The van der Waals surface area contributed by atoms with Crippen LogP contribution >= 0.6 is 0 Å². The summed E-state index contributed by atoms with van der Waals surface area (Å²) in [6.07, 6.45) is -1.93. The zero-order valence-corrected chi connectivity index (χ0v) is 14.6. The van der Waals surface area contributed by atoms with E-state index in [1.54, 1.807) is 0 Å². The number of halogens is 3. The van der Waals surface area contributed by atoms with Gasteiger partial charge in [-0.25, -0.2) is 0 Å². The highest BCUT2D eigenvalue weighted by atomic mass is 19.4. The van der Waals surface area contributed by atoms with E-state index >= 15 is 0 Å². The van der Waals surface area contributed by atoms with E-state index in [-0.39, 0.29) is 12.3 Å².